The van der Waals surface area contributed by atoms with Gasteiger partial charge in [-0.05, 0) is 35.8 Å². The van der Waals surface area contributed by atoms with E-state index in [2.05, 4.69) is 60.4 Å². The first-order chi connectivity index (χ1) is 11.3. The summed E-state index contributed by atoms with van der Waals surface area (Å²) in [5.41, 5.74) is 3.18. The molecule has 3 rings (SSSR count). The van der Waals surface area contributed by atoms with Crippen LogP contribution >= 0.6 is 12.4 Å². The molecular weight excluding hydrogens is 318 g/mol. The van der Waals surface area contributed by atoms with Crippen LogP contribution < -0.4 is 4.74 Å². The van der Waals surface area contributed by atoms with Gasteiger partial charge in [-0.1, -0.05) is 55.5 Å². The minimum absolute atomic E-state index is 0. The molecule has 124 valence electrons. The third kappa shape index (κ3) is 4.15. The number of hydrogen-bond acceptors (Lipinski definition) is 2. The Balaban J connectivity index is 0.00000208. The Morgan fingerprint density at radius 2 is 1.83 bits per heavy atom. The van der Waals surface area contributed by atoms with E-state index in [1.807, 2.05) is 25.3 Å². The summed E-state index contributed by atoms with van der Waals surface area (Å²) < 4.78 is 5.77. The van der Waals surface area contributed by atoms with Crippen LogP contribution in [0.25, 0.3) is 22.9 Å². The number of halogens is 1. The smallest absolute Gasteiger partial charge is 0.125 e. The van der Waals surface area contributed by atoms with Crippen LogP contribution in [0, 0.1) is 6.92 Å². The molecule has 0 aliphatic carbocycles. The molecule has 2 aromatic carbocycles. The molecule has 0 atom stereocenters. The Morgan fingerprint density at radius 1 is 1.04 bits per heavy atom. The maximum absolute atomic E-state index is 5.77. The van der Waals surface area contributed by atoms with Gasteiger partial charge >= 0.3 is 0 Å². The molecule has 0 spiro atoms. The second-order valence-corrected chi connectivity index (χ2v) is 5.62. The van der Waals surface area contributed by atoms with Crippen molar-refractivity contribution in [3.8, 4) is 5.75 Å². The summed E-state index contributed by atoms with van der Waals surface area (Å²) >= 11 is 0. The van der Waals surface area contributed by atoms with Crippen LogP contribution in [0.5, 0.6) is 5.75 Å². The van der Waals surface area contributed by atoms with E-state index in [0.29, 0.717) is 0 Å². The van der Waals surface area contributed by atoms with Crippen LogP contribution in [0.2, 0.25) is 0 Å². The monoisotopic (exact) mass is 339 g/mol. The number of benzene rings is 2. The molecule has 0 amide bonds. The molecule has 1 heterocycles. The van der Waals surface area contributed by atoms with E-state index in [9.17, 15) is 0 Å². The highest BCUT2D eigenvalue weighted by molar-refractivity contribution is 5.92. The lowest BCUT2D eigenvalue weighted by Crippen LogP contribution is -1.98. The van der Waals surface area contributed by atoms with Crippen molar-refractivity contribution in [1.82, 2.24) is 4.98 Å². The SMILES string of the molecule is CCCOc1cc(/C=C\c2cccc3ccccc23)ncc1C.Cl. The normalized spacial score (nSPS) is 10.8. The lowest BCUT2D eigenvalue weighted by Gasteiger charge is -2.08. The zero-order chi connectivity index (χ0) is 16.1. The maximum Gasteiger partial charge on any atom is 0.125 e. The molecule has 1 aromatic heterocycles. The van der Waals surface area contributed by atoms with Crippen molar-refractivity contribution >= 4 is 35.3 Å². The first-order valence-electron chi connectivity index (χ1n) is 8.03. The summed E-state index contributed by atoms with van der Waals surface area (Å²) in [6.45, 7) is 4.87. The lowest BCUT2D eigenvalue weighted by atomic mass is 10.0. The molecule has 3 heteroatoms. The third-order valence-corrected chi connectivity index (χ3v) is 3.79. The van der Waals surface area contributed by atoms with E-state index in [1.165, 1.54) is 16.3 Å². The Kier molecular flexibility index (Phi) is 6.39. The molecule has 0 aliphatic heterocycles. The maximum atomic E-state index is 5.77. The molecule has 0 unspecified atom stereocenters. The van der Waals surface area contributed by atoms with Gasteiger partial charge in [0.1, 0.15) is 5.75 Å². The van der Waals surface area contributed by atoms with E-state index >= 15 is 0 Å². The predicted molar refractivity (Wildman–Crippen MR) is 105 cm³/mol. The number of pyridine rings is 1. The van der Waals surface area contributed by atoms with Gasteiger partial charge in [-0.2, -0.15) is 0 Å². The van der Waals surface area contributed by atoms with Gasteiger partial charge in [-0.15, -0.1) is 12.4 Å². The Labute approximate surface area is 149 Å². The van der Waals surface area contributed by atoms with Crippen molar-refractivity contribution in [1.29, 1.82) is 0 Å². The number of ether oxygens (including phenoxy) is 1. The fourth-order valence-corrected chi connectivity index (χ4v) is 2.55. The molecule has 3 aromatic rings. The molecule has 0 saturated heterocycles. The highest BCUT2D eigenvalue weighted by Crippen LogP contribution is 2.22. The number of nitrogens with zero attached hydrogens (tertiary/aromatic N) is 1. The molecule has 0 bridgehead atoms. The number of fused-ring (bicyclic) bond motifs is 1. The van der Waals surface area contributed by atoms with Crippen molar-refractivity contribution in [3.05, 3.63) is 71.5 Å². The Bertz CT molecular complexity index is 837. The molecular formula is C21H22ClNO. The number of aryl methyl sites for hydroxylation is 1. The van der Waals surface area contributed by atoms with Gasteiger partial charge in [0, 0.05) is 17.8 Å². The van der Waals surface area contributed by atoms with Crippen molar-refractivity contribution in [3.63, 3.8) is 0 Å². The van der Waals surface area contributed by atoms with E-state index in [-0.39, 0.29) is 12.4 Å². The second kappa shape index (κ2) is 8.51. The standard InChI is InChI=1S/C21H21NO.ClH/c1-3-13-23-21-14-19(22-15-16(21)2)12-11-18-9-6-8-17-7-4-5-10-20(17)18;/h4-12,14-15H,3,13H2,1-2H3;1H/b12-11-;. The van der Waals surface area contributed by atoms with E-state index in [1.54, 1.807) is 0 Å². The minimum Gasteiger partial charge on any atom is -0.493 e. The summed E-state index contributed by atoms with van der Waals surface area (Å²) in [4.78, 5) is 4.48. The minimum atomic E-state index is 0. The molecule has 0 fully saturated rings. The van der Waals surface area contributed by atoms with Crippen LogP contribution in [-0.4, -0.2) is 11.6 Å². The number of aromatic nitrogens is 1. The highest BCUT2D eigenvalue weighted by Gasteiger charge is 2.02. The number of hydrogen-bond donors (Lipinski definition) is 0. The molecule has 0 radical (unpaired) electrons. The van der Waals surface area contributed by atoms with Crippen LogP contribution in [-0.2, 0) is 0 Å². The highest BCUT2D eigenvalue weighted by atomic mass is 35.5. The van der Waals surface area contributed by atoms with Crippen LogP contribution in [0.15, 0.2) is 54.7 Å². The lowest BCUT2D eigenvalue weighted by molar-refractivity contribution is 0.315. The van der Waals surface area contributed by atoms with Gasteiger partial charge in [0.2, 0.25) is 0 Å². The summed E-state index contributed by atoms with van der Waals surface area (Å²) in [6.07, 6.45) is 7.03. The summed E-state index contributed by atoms with van der Waals surface area (Å²) in [6, 6.07) is 16.8. The van der Waals surface area contributed by atoms with Crippen molar-refractivity contribution in [2.75, 3.05) is 6.61 Å². The molecule has 2 nitrogen and oxygen atoms in total. The van der Waals surface area contributed by atoms with Crippen molar-refractivity contribution in [2.45, 2.75) is 20.3 Å². The van der Waals surface area contributed by atoms with Crippen molar-refractivity contribution < 1.29 is 4.74 Å². The Morgan fingerprint density at radius 3 is 2.67 bits per heavy atom. The van der Waals surface area contributed by atoms with E-state index in [0.717, 1.165) is 30.0 Å². The van der Waals surface area contributed by atoms with Gasteiger partial charge in [0.25, 0.3) is 0 Å². The van der Waals surface area contributed by atoms with Gasteiger partial charge in [0.15, 0.2) is 0 Å². The topological polar surface area (TPSA) is 22.1 Å². The molecule has 0 N–H and O–H groups in total. The second-order valence-electron chi connectivity index (χ2n) is 5.62. The Hall–Kier alpha value is -2.32. The fraction of sp³-hybridized carbons (Fsp3) is 0.190. The van der Waals surface area contributed by atoms with Gasteiger partial charge in [0.05, 0.1) is 12.3 Å². The van der Waals surface area contributed by atoms with E-state index in [4.69, 9.17) is 4.74 Å². The summed E-state index contributed by atoms with van der Waals surface area (Å²) in [7, 11) is 0. The van der Waals surface area contributed by atoms with Crippen LogP contribution in [0.3, 0.4) is 0 Å². The molecule has 24 heavy (non-hydrogen) atoms. The van der Waals surface area contributed by atoms with E-state index < -0.39 is 0 Å². The summed E-state index contributed by atoms with van der Waals surface area (Å²) in [5, 5.41) is 2.50. The predicted octanol–water partition coefficient (Wildman–Crippen LogP) is 5.92. The summed E-state index contributed by atoms with van der Waals surface area (Å²) in [5.74, 6) is 0.916. The fourth-order valence-electron chi connectivity index (χ4n) is 2.55. The van der Waals surface area contributed by atoms with Gasteiger partial charge in [-0.25, -0.2) is 0 Å². The van der Waals surface area contributed by atoms with Crippen LogP contribution in [0.4, 0.5) is 0 Å². The average molecular weight is 340 g/mol. The zero-order valence-corrected chi connectivity index (χ0v) is 14.8. The first-order valence-corrected chi connectivity index (χ1v) is 8.03. The largest absolute Gasteiger partial charge is 0.493 e. The quantitative estimate of drug-likeness (QED) is 0.575. The zero-order valence-electron chi connectivity index (χ0n) is 14.0. The first kappa shape index (κ1) is 18.0. The third-order valence-electron chi connectivity index (χ3n) is 3.79. The van der Waals surface area contributed by atoms with Crippen molar-refractivity contribution in [2.24, 2.45) is 0 Å². The molecule has 0 aliphatic rings. The average Bonchev–Trinajstić information content (AvgIpc) is 2.60. The number of rotatable bonds is 5. The molecule has 0 saturated carbocycles. The van der Waals surface area contributed by atoms with Gasteiger partial charge < -0.3 is 4.74 Å². The van der Waals surface area contributed by atoms with Gasteiger partial charge in [-0.3, -0.25) is 4.98 Å². The van der Waals surface area contributed by atoms with Crippen LogP contribution in [0.1, 0.15) is 30.2 Å².